The number of nitrogens with zero attached hydrogens (tertiary/aromatic N) is 2. The topological polar surface area (TPSA) is 46.9 Å². The van der Waals surface area contributed by atoms with Crippen LogP contribution in [0.5, 0.6) is 0 Å². The van der Waals surface area contributed by atoms with E-state index in [-0.39, 0.29) is 13.2 Å². The number of hydrogen-bond acceptors (Lipinski definition) is 4. The molecule has 1 atom stereocenters. The molecular weight excluding hydrogens is 360 g/mol. The average Bonchev–Trinajstić information content (AvgIpc) is 2.73. The van der Waals surface area contributed by atoms with E-state index in [1.54, 1.807) is 0 Å². The van der Waals surface area contributed by atoms with Gasteiger partial charge in [-0.2, -0.15) is 0 Å². The Morgan fingerprint density at radius 1 is 0.966 bits per heavy atom. The fourth-order valence-corrected chi connectivity index (χ4v) is 3.91. The Morgan fingerprint density at radius 2 is 1.76 bits per heavy atom. The molecule has 2 aromatic rings. The molecule has 29 heavy (non-hydrogen) atoms. The largest absolute Gasteiger partial charge is 0.396 e. The van der Waals surface area contributed by atoms with Crippen molar-refractivity contribution in [2.75, 3.05) is 32.8 Å². The molecule has 0 radical (unpaired) electrons. The lowest BCUT2D eigenvalue weighted by molar-refractivity contribution is 0.0498. The first-order chi connectivity index (χ1) is 14.2. The summed E-state index contributed by atoms with van der Waals surface area (Å²) >= 11 is 0. The van der Waals surface area contributed by atoms with E-state index in [1.165, 1.54) is 16.7 Å². The number of hydrogen-bond donors (Lipinski definition) is 2. The van der Waals surface area contributed by atoms with E-state index in [0.717, 1.165) is 44.7 Å². The van der Waals surface area contributed by atoms with E-state index >= 15 is 0 Å². The minimum absolute atomic E-state index is 0.107. The van der Waals surface area contributed by atoms with Gasteiger partial charge in [-0.25, -0.2) is 0 Å². The van der Waals surface area contributed by atoms with Crippen molar-refractivity contribution in [1.29, 1.82) is 0 Å². The summed E-state index contributed by atoms with van der Waals surface area (Å²) in [6.45, 7) is 7.40. The van der Waals surface area contributed by atoms with Crippen LogP contribution in [0.1, 0.15) is 35.1 Å². The van der Waals surface area contributed by atoms with Crippen LogP contribution in [0.2, 0.25) is 0 Å². The molecule has 0 aromatic heterocycles. The van der Waals surface area contributed by atoms with Gasteiger partial charge in [-0.3, -0.25) is 9.80 Å². The van der Waals surface area contributed by atoms with Crippen LogP contribution < -0.4 is 0 Å². The van der Waals surface area contributed by atoms with E-state index in [0.29, 0.717) is 12.5 Å². The molecule has 4 nitrogen and oxygen atoms in total. The van der Waals surface area contributed by atoms with Gasteiger partial charge in [0.15, 0.2) is 0 Å². The maximum absolute atomic E-state index is 9.58. The van der Waals surface area contributed by atoms with E-state index < -0.39 is 0 Å². The fourth-order valence-electron chi connectivity index (χ4n) is 3.91. The number of aliphatic hydroxyl groups is 2. The Bertz CT molecular complexity index is 823. The van der Waals surface area contributed by atoms with Crippen molar-refractivity contribution in [3.05, 3.63) is 70.8 Å². The minimum atomic E-state index is 0.107. The quantitative estimate of drug-likeness (QED) is 0.712. The minimum Gasteiger partial charge on any atom is -0.396 e. The van der Waals surface area contributed by atoms with Crippen LogP contribution in [-0.4, -0.2) is 58.9 Å². The van der Waals surface area contributed by atoms with Crippen LogP contribution in [0.3, 0.4) is 0 Å². The van der Waals surface area contributed by atoms with Gasteiger partial charge in [0.25, 0.3) is 0 Å². The van der Waals surface area contributed by atoms with Crippen LogP contribution in [0.4, 0.5) is 0 Å². The molecule has 1 aliphatic rings. The first kappa shape index (κ1) is 21.5. The second-order valence-corrected chi connectivity index (χ2v) is 7.77. The van der Waals surface area contributed by atoms with E-state index in [9.17, 15) is 5.11 Å². The van der Waals surface area contributed by atoms with Crippen molar-refractivity contribution in [3.8, 4) is 11.8 Å². The molecule has 1 fully saturated rings. The molecule has 3 rings (SSSR count). The maximum Gasteiger partial charge on any atom is 0.0540 e. The smallest absolute Gasteiger partial charge is 0.0540 e. The highest BCUT2D eigenvalue weighted by Gasteiger charge is 2.26. The number of aliphatic hydroxyl groups excluding tert-OH is 2. The van der Waals surface area contributed by atoms with Gasteiger partial charge < -0.3 is 10.2 Å². The molecule has 1 heterocycles. The third-order valence-electron chi connectivity index (χ3n) is 5.62. The SMILES string of the molecule is Cc1ccccc1CN1CCN(Cc2ccc(C#CCCO)cc2)C[C@H]1CCO. The molecule has 4 heteroatoms. The Balaban J connectivity index is 1.59. The van der Waals surface area contributed by atoms with Crippen molar-refractivity contribution >= 4 is 0 Å². The molecule has 1 aliphatic heterocycles. The van der Waals surface area contributed by atoms with Gasteiger partial charge >= 0.3 is 0 Å². The number of rotatable bonds is 7. The first-order valence-electron chi connectivity index (χ1n) is 10.5. The molecular formula is C25H32N2O2. The molecule has 0 spiro atoms. The monoisotopic (exact) mass is 392 g/mol. The third kappa shape index (κ3) is 6.42. The normalized spacial score (nSPS) is 17.7. The molecule has 0 amide bonds. The van der Waals surface area contributed by atoms with Gasteiger partial charge in [-0.05, 0) is 42.2 Å². The highest BCUT2D eigenvalue weighted by Crippen LogP contribution is 2.20. The fraction of sp³-hybridized carbons (Fsp3) is 0.440. The predicted octanol–water partition coefficient (Wildman–Crippen LogP) is 2.80. The molecule has 154 valence electrons. The predicted molar refractivity (Wildman–Crippen MR) is 117 cm³/mol. The van der Waals surface area contributed by atoms with E-state index in [2.05, 4.69) is 77.1 Å². The van der Waals surface area contributed by atoms with Gasteiger partial charge in [-0.15, -0.1) is 0 Å². The third-order valence-corrected chi connectivity index (χ3v) is 5.62. The Labute approximate surface area is 174 Å². The molecule has 2 N–H and O–H groups in total. The Morgan fingerprint density at radius 3 is 2.48 bits per heavy atom. The zero-order chi connectivity index (χ0) is 20.5. The number of piperazine rings is 1. The number of aryl methyl sites for hydroxylation is 1. The van der Waals surface area contributed by atoms with Crippen molar-refractivity contribution in [2.24, 2.45) is 0 Å². The molecule has 0 aliphatic carbocycles. The van der Waals surface area contributed by atoms with Crippen molar-refractivity contribution in [2.45, 2.75) is 38.9 Å². The summed E-state index contributed by atoms with van der Waals surface area (Å²) in [5, 5.41) is 18.4. The lowest BCUT2D eigenvalue weighted by Crippen LogP contribution is -2.52. The average molecular weight is 393 g/mol. The standard InChI is InChI=1S/C25H32N2O2/c1-21-6-2-3-8-24(21)19-27-15-14-26(20-25(27)13-17-29)18-23-11-9-22(10-12-23)7-4-5-16-28/h2-3,6,8-12,25,28-29H,5,13-20H2,1H3/t25-/m1/s1. The zero-order valence-corrected chi connectivity index (χ0v) is 17.3. The Kier molecular flexibility index (Phi) is 8.27. The summed E-state index contributed by atoms with van der Waals surface area (Å²) in [5.74, 6) is 6.04. The second-order valence-electron chi connectivity index (χ2n) is 7.77. The van der Waals surface area contributed by atoms with E-state index in [4.69, 9.17) is 5.11 Å². The molecule has 1 saturated heterocycles. The summed E-state index contributed by atoms with van der Waals surface area (Å²) < 4.78 is 0. The van der Waals surface area contributed by atoms with Crippen LogP contribution in [-0.2, 0) is 13.1 Å². The summed E-state index contributed by atoms with van der Waals surface area (Å²) in [7, 11) is 0. The molecule has 0 unspecified atom stereocenters. The highest BCUT2D eigenvalue weighted by molar-refractivity contribution is 5.36. The van der Waals surface area contributed by atoms with E-state index in [1.807, 2.05) is 0 Å². The van der Waals surface area contributed by atoms with Crippen LogP contribution in [0, 0.1) is 18.8 Å². The maximum atomic E-state index is 9.58. The van der Waals surface area contributed by atoms with Gasteiger partial charge in [0.2, 0.25) is 0 Å². The van der Waals surface area contributed by atoms with Gasteiger partial charge in [0.1, 0.15) is 0 Å². The molecule has 0 saturated carbocycles. The summed E-state index contributed by atoms with van der Waals surface area (Å²) in [6.07, 6.45) is 1.32. The lowest BCUT2D eigenvalue weighted by atomic mass is 10.0. The summed E-state index contributed by atoms with van der Waals surface area (Å²) in [5.41, 5.74) is 4.98. The van der Waals surface area contributed by atoms with Crippen LogP contribution >= 0.6 is 0 Å². The lowest BCUT2D eigenvalue weighted by Gasteiger charge is -2.41. The van der Waals surface area contributed by atoms with Crippen molar-refractivity contribution in [3.63, 3.8) is 0 Å². The first-order valence-corrected chi connectivity index (χ1v) is 10.5. The summed E-state index contributed by atoms with van der Waals surface area (Å²) in [4.78, 5) is 5.01. The van der Waals surface area contributed by atoms with Gasteiger partial charge in [0, 0.05) is 57.4 Å². The molecule has 0 bridgehead atoms. The van der Waals surface area contributed by atoms with Crippen LogP contribution in [0.15, 0.2) is 48.5 Å². The van der Waals surface area contributed by atoms with Crippen LogP contribution in [0.25, 0.3) is 0 Å². The Hall–Kier alpha value is -2.16. The highest BCUT2D eigenvalue weighted by atomic mass is 16.3. The molecule has 2 aromatic carbocycles. The second kappa shape index (κ2) is 11.1. The van der Waals surface area contributed by atoms with Crippen molar-refractivity contribution < 1.29 is 10.2 Å². The van der Waals surface area contributed by atoms with Gasteiger partial charge in [-0.1, -0.05) is 48.2 Å². The zero-order valence-electron chi connectivity index (χ0n) is 17.3. The number of benzene rings is 2. The van der Waals surface area contributed by atoms with Gasteiger partial charge in [0.05, 0.1) is 6.61 Å². The van der Waals surface area contributed by atoms with Crippen molar-refractivity contribution in [1.82, 2.24) is 9.80 Å². The summed E-state index contributed by atoms with van der Waals surface area (Å²) in [6, 6.07) is 17.3.